The van der Waals surface area contributed by atoms with Gasteiger partial charge in [-0.1, -0.05) is 0 Å². The Kier molecular flexibility index (Phi) is 3.37. The molecule has 2 aromatic carbocycles. The van der Waals surface area contributed by atoms with Gasteiger partial charge < -0.3 is 15.0 Å². The Morgan fingerprint density at radius 3 is 2.50 bits per heavy atom. The Hall–Kier alpha value is -2.75. The molecule has 0 amide bonds. The molecule has 0 bridgehead atoms. The fourth-order valence-electron chi connectivity index (χ4n) is 2.59. The number of aromatic hydroxyl groups is 1. The number of rotatable bonds is 2. The molecular formula is C18H18N2O2. The summed E-state index contributed by atoms with van der Waals surface area (Å²) in [4.78, 5) is 17.7. The molecule has 1 aromatic heterocycles. The van der Waals surface area contributed by atoms with Crippen molar-refractivity contribution in [3.05, 3.63) is 58.3 Å². The molecule has 0 radical (unpaired) electrons. The monoisotopic (exact) mass is 294 g/mol. The third kappa shape index (κ3) is 2.55. The van der Waals surface area contributed by atoms with Gasteiger partial charge in [0.15, 0.2) is 5.43 Å². The van der Waals surface area contributed by atoms with Crippen LogP contribution in [0.15, 0.2) is 47.3 Å². The van der Waals surface area contributed by atoms with E-state index < -0.39 is 0 Å². The second kappa shape index (κ2) is 5.22. The van der Waals surface area contributed by atoms with Gasteiger partial charge in [0.1, 0.15) is 5.75 Å². The minimum absolute atomic E-state index is 0.0338. The molecule has 1 heterocycles. The molecule has 0 unspecified atom stereocenters. The fourth-order valence-corrected chi connectivity index (χ4v) is 2.59. The van der Waals surface area contributed by atoms with Crippen molar-refractivity contribution in [1.29, 1.82) is 0 Å². The van der Waals surface area contributed by atoms with Crippen LogP contribution in [-0.4, -0.2) is 24.2 Å². The summed E-state index contributed by atoms with van der Waals surface area (Å²) in [6, 6.07) is 12.6. The zero-order valence-electron chi connectivity index (χ0n) is 12.8. The maximum Gasteiger partial charge on any atom is 0.190 e. The molecular weight excluding hydrogens is 276 g/mol. The number of nitrogens with zero attached hydrogens (tertiary/aromatic N) is 1. The van der Waals surface area contributed by atoms with Crippen molar-refractivity contribution in [2.75, 3.05) is 19.0 Å². The summed E-state index contributed by atoms with van der Waals surface area (Å²) in [6.07, 6.45) is 0. The highest BCUT2D eigenvalue weighted by atomic mass is 16.3. The number of hydrogen-bond donors (Lipinski definition) is 2. The summed E-state index contributed by atoms with van der Waals surface area (Å²) in [7, 11) is 3.89. The maximum atomic E-state index is 12.4. The normalized spacial score (nSPS) is 10.9. The number of phenolic OH excluding ortho intramolecular Hbond substituents is 1. The zero-order valence-corrected chi connectivity index (χ0v) is 12.8. The molecule has 3 rings (SSSR count). The number of nitrogens with one attached hydrogen (secondary N) is 1. The van der Waals surface area contributed by atoms with E-state index in [1.165, 1.54) is 0 Å². The number of benzene rings is 2. The zero-order chi connectivity index (χ0) is 15.9. The molecule has 0 fully saturated rings. The van der Waals surface area contributed by atoms with E-state index in [-0.39, 0.29) is 11.2 Å². The van der Waals surface area contributed by atoms with Crippen LogP contribution in [0.2, 0.25) is 0 Å². The molecule has 0 saturated heterocycles. The first-order chi connectivity index (χ1) is 10.4. The van der Waals surface area contributed by atoms with Crippen molar-refractivity contribution in [3.63, 3.8) is 0 Å². The highest BCUT2D eigenvalue weighted by Crippen LogP contribution is 2.25. The molecule has 4 nitrogen and oxygen atoms in total. The average Bonchev–Trinajstić information content (AvgIpc) is 2.45. The summed E-state index contributed by atoms with van der Waals surface area (Å²) >= 11 is 0. The van der Waals surface area contributed by atoms with Gasteiger partial charge in [-0.05, 0) is 48.9 Å². The van der Waals surface area contributed by atoms with Gasteiger partial charge in [0.2, 0.25) is 0 Å². The number of anilines is 1. The number of phenols is 1. The van der Waals surface area contributed by atoms with Crippen molar-refractivity contribution in [2.45, 2.75) is 6.92 Å². The minimum Gasteiger partial charge on any atom is -0.508 e. The van der Waals surface area contributed by atoms with Gasteiger partial charge in [0, 0.05) is 48.0 Å². The number of pyridine rings is 1. The summed E-state index contributed by atoms with van der Waals surface area (Å²) in [6.45, 7) is 1.91. The first-order valence-electron chi connectivity index (χ1n) is 7.09. The summed E-state index contributed by atoms with van der Waals surface area (Å²) in [5.74, 6) is 0.193. The third-order valence-corrected chi connectivity index (χ3v) is 3.70. The van der Waals surface area contributed by atoms with Crippen LogP contribution >= 0.6 is 0 Å². The largest absolute Gasteiger partial charge is 0.508 e. The fraction of sp³-hybridized carbons (Fsp3) is 0.167. The maximum absolute atomic E-state index is 12.4. The molecule has 0 aliphatic rings. The predicted molar refractivity (Wildman–Crippen MR) is 90.7 cm³/mol. The van der Waals surface area contributed by atoms with Gasteiger partial charge >= 0.3 is 0 Å². The standard InChI is InChI=1S/C18H18N2O2/c1-11-6-12(8-14(21)7-11)17-10-18(22)15-9-13(20(2)3)4-5-16(15)19-17/h4-10,21H,1-3H3,(H,19,22). The first kappa shape index (κ1) is 14.2. The first-order valence-corrected chi connectivity index (χ1v) is 7.09. The lowest BCUT2D eigenvalue weighted by Gasteiger charge is -2.13. The molecule has 0 saturated carbocycles. The van der Waals surface area contributed by atoms with Crippen LogP contribution in [-0.2, 0) is 0 Å². The molecule has 0 spiro atoms. The van der Waals surface area contributed by atoms with E-state index in [0.29, 0.717) is 11.1 Å². The molecule has 2 N–H and O–H groups in total. The van der Waals surface area contributed by atoms with Crippen LogP contribution in [0.1, 0.15) is 5.56 Å². The minimum atomic E-state index is -0.0338. The van der Waals surface area contributed by atoms with Gasteiger partial charge in [-0.3, -0.25) is 4.79 Å². The van der Waals surface area contributed by atoms with Crippen LogP contribution in [0.4, 0.5) is 5.69 Å². The lowest BCUT2D eigenvalue weighted by atomic mass is 10.1. The SMILES string of the molecule is Cc1cc(O)cc(-c2cc(=O)c3cc(N(C)C)ccc3[nH]2)c1. The average molecular weight is 294 g/mol. The number of aryl methyl sites for hydroxylation is 1. The number of aromatic amines is 1. The van der Waals surface area contributed by atoms with E-state index in [0.717, 1.165) is 22.3 Å². The smallest absolute Gasteiger partial charge is 0.190 e. The van der Waals surface area contributed by atoms with Crippen molar-refractivity contribution >= 4 is 16.6 Å². The van der Waals surface area contributed by atoms with Crippen molar-refractivity contribution in [2.24, 2.45) is 0 Å². The van der Waals surface area contributed by atoms with E-state index in [4.69, 9.17) is 0 Å². The highest BCUT2D eigenvalue weighted by molar-refractivity contribution is 5.84. The Labute approximate surface area is 128 Å². The molecule has 112 valence electrons. The van der Waals surface area contributed by atoms with E-state index in [9.17, 15) is 9.90 Å². The lowest BCUT2D eigenvalue weighted by Crippen LogP contribution is -2.10. The third-order valence-electron chi connectivity index (χ3n) is 3.70. The van der Waals surface area contributed by atoms with Gasteiger partial charge in [-0.2, -0.15) is 0 Å². The summed E-state index contributed by atoms with van der Waals surface area (Å²) in [5.41, 5.74) is 4.18. The highest BCUT2D eigenvalue weighted by Gasteiger charge is 2.07. The number of hydrogen-bond acceptors (Lipinski definition) is 3. The molecule has 0 aliphatic carbocycles. The van der Waals surface area contributed by atoms with Gasteiger partial charge in [0.25, 0.3) is 0 Å². The molecule has 4 heteroatoms. The van der Waals surface area contributed by atoms with E-state index in [1.807, 2.05) is 50.2 Å². The molecule has 22 heavy (non-hydrogen) atoms. The lowest BCUT2D eigenvalue weighted by molar-refractivity contribution is 0.475. The van der Waals surface area contributed by atoms with Crippen LogP contribution in [0.5, 0.6) is 5.75 Å². The number of H-pyrrole nitrogens is 1. The van der Waals surface area contributed by atoms with Gasteiger partial charge in [-0.15, -0.1) is 0 Å². The molecule has 0 aliphatic heterocycles. The summed E-state index contributed by atoms with van der Waals surface area (Å²) < 4.78 is 0. The van der Waals surface area contributed by atoms with Crippen molar-refractivity contribution < 1.29 is 5.11 Å². The van der Waals surface area contributed by atoms with E-state index in [1.54, 1.807) is 18.2 Å². The Morgan fingerprint density at radius 1 is 1.05 bits per heavy atom. The summed E-state index contributed by atoms with van der Waals surface area (Å²) in [5, 5.41) is 10.4. The second-order valence-electron chi connectivity index (χ2n) is 5.73. The van der Waals surface area contributed by atoms with E-state index >= 15 is 0 Å². The van der Waals surface area contributed by atoms with Crippen LogP contribution in [0, 0.1) is 6.92 Å². The van der Waals surface area contributed by atoms with E-state index in [2.05, 4.69) is 4.98 Å². The number of fused-ring (bicyclic) bond motifs is 1. The van der Waals surface area contributed by atoms with Crippen LogP contribution < -0.4 is 10.3 Å². The van der Waals surface area contributed by atoms with Gasteiger partial charge in [0.05, 0.1) is 0 Å². The van der Waals surface area contributed by atoms with Crippen LogP contribution in [0.25, 0.3) is 22.2 Å². The second-order valence-corrected chi connectivity index (χ2v) is 5.73. The quantitative estimate of drug-likeness (QED) is 0.762. The van der Waals surface area contributed by atoms with Crippen molar-refractivity contribution in [1.82, 2.24) is 4.98 Å². The Morgan fingerprint density at radius 2 is 1.82 bits per heavy atom. The molecule has 0 atom stereocenters. The van der Waals surface area contributed by atoms with Gasteiger partial charge in [-0.25, -0.2) is 0 Å². The molecule has 3 aromatic rings. The predicted octanol–water partition coefficient (Wildman–Crippen LogP) is 3.28. The topological polar surface area (TPSA) is 56.3 Å². The Balaban J connectivity index is 2.21. The Bertz CT molecular complexity index is 890. The van der Waals surface area contributed by atoms with Crippen molar-refractivity contribution in [3.8, 4) is 17.0 Å². The number of aromatic nitrogens is 1. The van der Waals surface area contributed by atoms with Crippen LogP contribution in [0.3, 0.4) is 0 Å².